The fraction of sp³-hybridized carbons (Fsp3) is 1.00. The van der Waals surface area contributed by atoms with Gasteiger partial charge in [0.05, 0.1) is 5.60 Å². The van der Waals surface area contributed by atoms with E-state index in [0.29, 0.717) is 6.04 Å². The van der Waals surface area contributed by atoms with E-state index >= 15 is 0 Å². The predicted molar refractivity (Wildman–Crippen MR) is 46.7 cm³/mol. The highest BCUT2D eigenvalue weighted by molar-refractivity contribution is 4.82. The molecule has 1 atom stereocenters. The summed E-state index contributed by atoms with van der Waals surface area (Å²) in [5.74, 6) is 0. The Kier molecular flexibility index (Phi) is 2.90. The van der Waals surface area contributed by atoms with Crippen LogP contribution in [0.5, 0.6) is 0 Å². The molecule has 1 rings (SSSR count). The maximum atomic E-state index is 5.63. The summed E-state index contributed by atoms with van der Waals surface area (Å²) in [6, 6.07) is 0.566. The molecule has 1 aliphatic heterocycles. The molecule has 0 aromatic carbocycles. The van der Waals surface area contributed by atoms with Crippen LogP contribution in [0.4, 0.5) is 0 Å². The molecular weight excluding hydrogens is 138 g/mol. The summed E-state index contributed by atoms with van der Waals surface area (Å²) in [7, 11) is 0. The van der Waals surface area contributed by atoms with Gasteiger partial charge in [-0.1, -0.05) is 13.8 Å². The monoisotopic (exact) mass is 157 g/mol. The van der Waals surface area contributed by atoms with Crippen LogP contribution in [-0.4, -0.2) is 24.8 Å². The average molecular weight is 157 g/mol. The Labute approximate surface area is 69.3 Å². The van der Waals surface area contributed by atoms with Gasteiger partial charge < -0.3 is 10.1 Å². The molecule has 0 radical (unpaired) electrons. The standard InChI is InChI=1S/C9H19NO/c1-8(2)10-7-9(3)5-4-6-11-9/h8,10H,4-7H2,1-3H3. The first-order chi connectivity index (χ1) is 5.12. The van der Waals surface area contributed by atoms with Crippen LogP contribution >= 0.6 is 0 Å². The molecule has 2 nitrogen and oxygen atoms in total. The van der Waals surface area contributed by atoms with Crippen LogP contribution in [-0.2, 0) is 4.74 Å². The first-order valence-electron chi connectivity index (χ1n) is 4.50. The third-order valence-corrected chi connectivity index (χ3v) is 2.18. The van der Waals surface area contributed by atoms with E-state index in [1.54, 1.807) is 0 Å². The van der Waals surface area contributed by atoms with Crippen molar-refractivity contribution in [1.82, 2.24) is 5.32 Å². The predicted octanol–water partition coefficient (Wildman–Crippen LogP) is 1.55. The van der Waals surface area contributed by atoms with Gasteiger partial charge in [-0.15, -0.1) is 0 Å². The van der Waals surface area contributed by atoms with Gasteiger partial charge in [-0.3, -0.25) is 0 Å². The molecule has 1 aliphatic rings. The van der Waals surface area contributed by atoms with Crippen molar-refractivity contribution in [3.05, 3.63) is 0 Å². The van der Waals surface area contributed by atoms with Gasteiger partial charge in [-0.2, -0.15) is 0 Å². The van der Waals surface area contributed by atoms with Gasteiger partial charge in [-0.05, 0) is 19.8 Å². The lowest BCUT2D eigenvalue weighted by molar-refractivity contribution is 0.0195. The van der Waals surface area contributed by atoms with Crippen molar-refractivity contribution < 1.29 is 4.74 Å². The Balaban J connectivity index is 2.23. The van der Waals surface area contributed by atoms with Gasteiger partial charge in [0.2, 0.25) is 0 Å². The second-order valence-corrected chi connectivity index (χ2v) is 3.94. The highest BCUT2D eigenvalue weighted by Crippen LogP contribution is 2.23. The summed E-state index contributed by atoms with van der Waals surface area (Å²) >= 11 is 0. The van der Waals surface area contributed by atoms with Crippen LogP contribution in [0.15, 0.2) is 0 Å². The molecule has 0 spiro atoms. The molecule has 1 saturated heterocycles. The van der Waals surface area contributed by atoms with E-state index in [-0.39, 0.29) is 5.60 Å². The molecule has 66 valence electrons. The first kappa shape index (κ1) is 9.01. The van der Waals surface area contributed by atoms with Crippen molar-refractivity contribution in [3.8, 4) is 0 Å². The third-order valence-electron chi connectivity index (χ3n) is 2.18. The minimum Gasteiger partial charge on any atom is -0.374 e. The number of hydrogen-bond acceptors (Lipinski definition) is 2. The van der Waals surface area contributed by atoms with Crippen molar-refractivity contribution in [3.63, 3.8) is 0 Å². The quantitative estimate of drug-likeness (QED) is 0.671. The summed E-state index contributed by atoms with van der Waals surface area (Å²) in [4.78, 5) is 0. The Morgan fingerprint density at radius 2 is 2.27 bits per heavy atom. The van der Waals surface area contributed by atoms with E-state index in [1.807, 2.05) is 0 Å². The Hall–Kier alpha value is -0.0800. The molecule has 0 saturated carbocycles. The SMILES string of the molecule is CC(C)NCC1(C)CCCO1. The number of ether oxygens (including phenoxy) is 1. The lowest BCUT2D eigenvalue weighted by Crippen LogP contribution is -2.40. The molecule has 1 N–H and O–H groups in total. The smallest absolute Gasteiger partial charge is 0.0779 e. The average Bonchev–Trinajstić information content (AvgIpc) is 2.33. The molecule has 0 aromatic rings. The second-order valence-electron chi connectivity index (χ2n) is 3.94. The summed E-state index contributed by atoms with van der Waals surface area (Å²) in [6.45, 7) is 8.45. The molecule has 11 heavy (non-hydrogen) atoms. The highest BCUT2D eigenvalue weighted by atomic mass is 16.5. The van der Waals surface area contributed by atoms with Gasteiger partial charge in [0.25, 0.3) is 0 Å². The normalized spacial score (nSPS) is 31.6. The van der Waals surface area contributed by atoms with Gasteiger partial charge >= 0.3 is 0 Å². The van der Waals surface area contributed by atoms with Crippen LogP contribution in [0, 0.1) is 0 Å². The summed E-state index contributed by atoms with van der Waals surface area (Å²) < 4.78 is 5.63. The highest BCUT2D eigenvalue weighted by Gasteiger charge is 2.29. The van der Waals surface area contributed by atoms with Gasteiger partial charge in [-0.25, -0.2) is 0 Å². The second kappa shape index (κ2) is 3.55. The number of nitrogens with one attached hydrogen (secondary N) is 1. The summed E-state index contributed by atoms with van der Waals surface area (Å²) in [5, 5.41) is 3.40. The lowest BCUT2D eigenvalue weighted by Gasteiger charge is -2.24. The van der Waals surface area contributed by atoms with Crippen LogP contribution in [0.1, 0.15) is 33.6 Å². The third kappa shape index (κ3) is 2.80. The van der Waals surface area contributed by atoms with E-state index in [4.69, 9.17) is 4.74 Å². The largest absolute Gasteiger partial charge is 0.374 e. The van der Waals surface area contributed by atoms with Crippen molar-refractivity contribution in [2.24, 2.45) is 0 Å². The topological polar surface area (TPSA) is 21.3 Å². The number of hydrogen-bond donors (Lipinski definition) is 1. The molecule has 1 heterocycles. The van der Waals surface area contributed by atoms with Gasteiger partial charge in [0, 0.05) is 19.2 Å². The Morgan fingerprint density at radius 1 is 1.55 bits per heavy atom. The van der Waals surface area contributed by atoms with Crippen molar-refractivity contribution >= 4 is 0 Å². The molecule has 0 aliphatic carbocycles. The molecule has 0 aromatic heterocycles. The molecule has 1 fully saturated rings. The molecule has 1 unspecified atom stereocenters. The van der Waals surface area contributed by atoms with E-state index in [2.05, 4.69) is 26.1 Å². The maximum Gasteiger partial charge on any atom is 0.0779 e. The molecule has 0 bridgehead atoms. The van der Waals surface area contributed by atoms with Gasteiger partial charge in [0.15, 0.2) is 0 Å². The van der Waals surface area contributed by atoms with Crippen molar-refractivity contribution in [1.29, 1.82) is 0 Å². The van der Waals surface area contributed by atoms with Crippen LogP contribution in [0.2, 0.25) is 0 Å². The fourth-order valence-electron chi connectivity index (χ4n) is 1.40. The van der Waals surface area contributed by atoms with Crippen LogP contribution < -0.4 is 5.32 Å². The summed E-state index contributed by atoms with van der Waals surface area (Å²) in [5.41, 5.74) is 0.115. The molecular formula is C9H19NO. The van der Waals surface area contributed by atoms with E-state index in [0.717, 1.165) is 13.2 Å². The van der Waals surface area contributed by atoms with Crippen molar-refractivity contribution in [2.45, 2.75) is 45.3 Å². The molecule has 2 heteroatoms. The lowest BCUT2D eigenvalue weighted by atomic mass is 10.0. The van der Waals surface area contributed by atoms with E-state index < -0.39 is 0 Å². The zero-order valence-electron chi connectivity index (χ0n) is 7.81. The van der Waals surface area contributed by atoms with Crippen LogP contribution in [0.25, 0.3) is 0 Å². The van der Waals surface area contributed by atoms with Gasteiger partial charge in [0.1, 0.15) is 0 Å². The minimum atomic E-state index is 0.115. The maximum absolute atomic E-state index is 5.63. The fourth-order valence-corrected chi connectivity index (χ4v) is 1.40. The zero-order chi connectivity index (χ0) is 8.32. The van der Waals surface area contributed by atoms with Crippen LogP contribution in [0.3, 0.4) is 0 Å². The van der Waals surface area contributed by atoms with Crippen molar-refractivity contribution in [2.75, 3.05) is 13.2 Å². The molecule has 0 amide bonds. The van der Waals surface area contributed by atoms with E-state index in [1.165, 1.54) is 12.8 Å². The first-order valence-corrected chi connectivity index (χ1v) is 4.50. The summed E-state index contributed by atoms with van der Waals surface area (Å²) in [6.07, 6.45) is 2.42. The minimum absolute atomic E-state index is 0.115. The Bertz CT molecular complexity index is 117. The Morgan fingerprint density at radius 3 is 2.73 bits per heavy atom. The van der Waals surface area contributed by atoms with E-state index in [9.17, 15) is 0 Å². The zero-order valence-corrected chi connectivity index (χ0v) is 7.81. The number of rotatable bonds is 3.